The molecule has 4 aromatic heterocycles. The fourth-order valence-electron chi connectivity index (χ4n) is 2.53. The van der Waals surface area contributed by atoms with E-state index in [-0.39, 0.29) is 23.1 Å². The SMILES string of the molecule is Nc1nc(-c2ccc(C(F)F)o2)nc2sc(C(O)c3ncccc3F)cc12. The predicted octanol–water partition coefficient (Wildman–Crippen LogP) is 4.09. The number of nitrogen functional groups attached to an aromatic ring is 1. The number of aliphatic hydroxyl groups is 1. The second kappa shape index (κ2) is 6.63. The maximum atomic E-state index is 13.9. The summed E-state index contributed by atoms with van der Waals surface area (Å²) in [6, 6.07) is 6.63. The number of halogens is 3. The molecule has 4 heterocycles. The average Bonchev–Trinajstić information content (AvgIpc) is 3.29. The zero-order valence-corrected chi connectivity index (χ0v) is 14.3. The molecule has 6 nitrogen and oxygen atoms in total. The quantitative estimate of drug-likeness (QED) is 0.543. The highest BCUT2D eigenvalue weighted by Crippen LogP contribution is 2.36. The van der Waals surface area contributed by atoms with Crippen molar-refractivity contribution < 1.29 is 22.7 Å². The highest BCUT2D eigenvalue weighted by Gasteiger charge is 2.22. The van der Waals surface area contributed by atoms with E-state index in [0.29, 0.717) is 15.1 Å². The third-order valence-corrected chi connectivity index (χ3v) is 4.90. The summed E-state index contributed by atoms with van der Waals surface area (Å²) in [7, 11) is 0. The molecule has 0 amide bonds. The lowest BCUT2D eigenvalue weighted by Crippen LogP contribution is -2.03. The summed E-state index contributed by atoms with van der Waals surface area (Å²) in [5, 5.41) is 10.9. The van der Waals surface area contributed by atoms with Gasteiger partial charge in [0.15, 0.2) is 17.3 Å². The van der Waals surface area contributed by atoms with E-state index in [0.717, 1.165) is 17.4 Å². The number of aromatic nitrogens is 3. The Balaban J connectivity index is 1.76. The predicted molar refractivity (Wildman–Crippen MR) is 92.7 cm³/mol. The first-order valence-electron chi connectivity index (χ1n) is 7.67. The lowest BCUT2D eigenvalue weighted by Gasteiger charge is -2.07. The van der Waals surface area contributed by atoms with Crippen molar-refractivity contribution in [1.82, 2.24) is 15.0 Å². The van der Waals surface area contributed by atoms with Crippen LogP contribution in [0.2, 0.25) is 0 Å². The van der Waals surface area contributed by atoms with Crippen molar-refractivity contribution >= 4 is 27.4 Å². The number of aliphatic hydroxyl groups excluding tert-OH is 1. The smallest absolute Gasteiger partial charge is 0.295 e. The summed E-state index contributed by atoms with van der Waals surface area (Å²) >= 11 is 1.07. The number of furan rings is 1. The molecule has 0 bridgehead atoms. The molecule has 10 heteroatoms. The molecule has 0 aromatic carbocycles. The second-order valence-electron chi connectivity index (χ2n) is 5.58. The minimum absolute atomic E-state index is 0.0406. The Labute approximate surface area is 154 Å². The lowest BCUT2D eigenvalue weighted by molar-refractivity contribution is 0.122. The number of hydrogen-bond donors (Lipinski definition) is 2. The van der Waals surface area contributed by atoms with E-state index in [1.165, 1.54) is 24.4 Å². The standard InChI is InChI=1S/C17H11F3N4O2S/c18-8-2-1-5-22-12(8)13(25)11-6-7-15(21)23-16(24-17(7)27-11)10-4-3-9(26-10)14(19)20/h1-6,13-14,25H,(H2,21,23,24). The van der Waals surface area contributed by atoms with Crippen LogP contribution in [0.4, 0.5) is 19.0 Å². The van der Waals surface area contributed by atoms with Crippen molar-refractivity contribution in [3.63, 3.8) is 0 Å². The molecular formula is C17H11F3N4O2S. The van der Waals surface area contributed by atoms with Gasteiger partial charge in [-0.1, -0.05) is 0 Å². The van der Waals surface area contributed by atoms with Gasteiger partial charge in [-0.05, 0) is 30.3 Å². The second-order valence-corrected chi connectivity index (χ2v) is 6.64. The molecule has 0 radical (unpaired) electrons. The van der Waals surface area contributed by atoms with Crippen LogP contribution < -0.4 is 5.73 Å². The summed E-state index contributed by atoms with van der Waals surface area (Å²) in [6.45, 7) is 0. The molecule has 0 saturated carbocycles. The van der Waals surface area contributed by atoms with Crippen LogP contribution in [0.1, 0.15) is 28.9 Å². The minimum atomic E-state index is -2.75. The normalized spacial score (nSPS) is 12.8. The summed E-state index contributed by atoms with van der Waals surface area (Å²) in [4.78, 5) is 13.0. The van der Waals surface area contributed by atoms with Crippen LogP contribution in [0.15, 0.2) is 40.9 Å². The van der Waals surface area contributed by atoms with E-state index >= 15 is 0 Å². The van der Waals surface area contributed by atoms with Gasteiger partial charge < -0.3 is 15.3 Å². The number of rotatable bonds is 4. The van der Waals surface area contributed by atoms with Crippen molar-refractivity contribution in [2.24, 2.45) is 0 Å². The Bertz CT molecular complexity index is 1130. The average molecular weight is 392 g/mol. The zero-order chi connectivity index (χ0) is 19.1. The first-order chi connectivity index (χ1) is 12.9. The van der Waals surface area contributed by atoms with E-state index in [1.807, 2.05) is 0 Å². The minimum Gasteiger partial charge on any atom is -0.452 e. The summed E-state index contributed by atoms with van der Waals surface area (Å²) in [5.74, 6) is -0.970. The molecule has 0 fully saturated rings. The van der Waals surface area contributed by atoms with Crippen molar-refractivity contribution in [2.45, 2.75) is 12.5 Å². The van der Waals surface area contributed by atoms with Crippen LogP contribution >= 0.6 is 11.3 Å². The number of nitrogens with zero attached hydrogens (tertiary/aromatic N) is 3. The van der Waals surface area contributed by atoms with Crippen LogP contribution in [-0.2, 0) is 0 Å². The molecule has 4 rings (SSSR count). The van der Waals surface area contributed by atoms with Gasteiger partial charge in [-0.25, -0.2) is 23.1 Å². The summed E-state index contributed by atoms with van der Waals surface area (Å²) < 4.78 is 44.3. The van der Waals surface area contributed by atoms with Gasteiger partial charge in [-0.15, -0.1) is 11.3 Å². The Morgan fingerprint density at radius 2 is 2.00 bits per heavy atom. The molecule has 4 aromatic rings. The maximum Gasteiger partial charge on any atom is 0.295 e. The first kappa shape index (κ1) is 17.4. The fraction of sp³-hybridized carbons (Fsp3) is 0.118. The van der Waals surface area contributed by atoms with Gasteiger partial charge in [0.05, 0.1) is 5.39 Å². The molecule has 27 heavy (non-hydrogen) atoms. The lowest BCUT2D eigenvalue weighted by atomic mass is 10.2. The Kier molecular flexibility index (Phi) is 4.28. The van der Waals surface area contributed by atoms with Gasteiger partial charge in [0.1, 0.15) is 28.3 Å². The molecular weight excluding hydrogens is 381 g/mol. The van der Waals surface area contributed by atoms with Crippen molar-refractivity contribution in [2.75, 3.05) is 5.73 Å². The number of thiophene rings is 1. The topological polar surface area (TPSA) is 98.1 Å². The number of hydrogen-bond acceptors (Lipinski definition) is 7. The van der Waals surface area contributed by atoms with Crippen molar-refractivity contribution in [3.05, 3.63) is 58.7 Å². The van der Waals surface area contributed by atoms with Gasteiger partial charge in [0.2, 0.25) is 0 Å². The summed E-state index contributed by atoms with van der Waals surface area (Å²) in [6.07, 6.45) is -2.68. The van der Waals surface area contributed by atoms with E-state index in [1.54, 1.807) is 6.07 Å². The number of anilines is 1. The first-order valence-corrected chi connectivity index (χ1v) is 8.49. The molecule has 0 aliphatic carbocycles. The molecule has 3 N–H and O–H groups in total. The van der Waals surface area contributed by atoms with Gasteiger partial charge in [0.25, 0.3) is 6.43 Å². The Morgan fingerprint density at radius 3 is 2.70 bits per heavy atom. The van der Waals surface area contributed by atoms with Gasteiger partial charge in [-0.2, -0.15) is 0 Å². The number of alkyl halides is 2. The number of nitrogens with two attached hydrogens (primary N) is 1. The molecule has 0 saturated heterocycles. The Hall–Kier alpha value is -2.98. The van der Waals surface area contributed by atoms with Crippen LogP contribution in [0.5, 0.6) is 0 Å². The van der Waals surface area contributed by atoms with Gasteiger partial charge in [-0.3, -0.25) is 4.98 Å². The third-order valence-electron chi connectivity index (χ3n) is 3.82. The van der Waals surface area contributed by atoms with Gasteiger partial charge in [0, 0.05) is 11.1 Å². The third kappa shape index (κ3) is 3.13. The monoisotopic (exact) mass is 392 g/mol. The highest BCUT2D eigenvalue weighted by atomic mass is 32.1. The fourth-order valence-corrected chi connectivity index (χ4v) is 3.56. The molecule has 138 valence electrons. The van der Waals surface area contributed by atoms with E-state index < -0.39 is 24.1 Å². The largest absolute Gasteiger partial charge is 0.452 e. The molecule has 0 aliphatic rings. The van der Waals surface area contributed by atoms with E-state index in [2.05, 4.69) is 15.0 Å². The Morgan fingerprint density at radius 1 is 1.19 bits per heavy atom. The van der Waals surface area contributed by atoms with Crippen LogP contribution in [-0.4, -0.2) is 20.1 Å². The summed E-state index contributed by atoms with van der Waals surface area (Å²) in [5.41, 5.74) is 5.82. The van der Waals surface area contributed by atoms with Crippen LogP contribution in [0, 0.1) is 5.82 Å². The maximum absolute atomic E-state index is 13.9. The van der Waals surface area contributed by atoms with Crippen molar-refractivity contribution in [1.29, 1.82) is 0 Å². The van der Waals surface area contributed by atoms with Crippen molar-refractivity contribution in [3.8, 4) is 11.6 Å². The molecule has 0 aliphatic heterocycles. The number of pyridine rings is 1. The van der Waals surface area contributed by atoms with Gasteiger partial charge >= 0.3 is 0 Å². The van der Waals surface area contributed by atoms with E-state index in [9.17, 15) is 18.3 Å². The highest BCUT2D eigenvalue weighted by molar-refractivity contribution is 7.18. The van der Waals surface area contributed by atoms with Crippen LogP contribution in [0.25, 0.3) is 21.8 Å². The molecule has 1 atom stereocenters. The molecule has 1 unspecified atom stereocenters. The van der Waals surface area contributed by atoms with Crippen LogP contribution in [0.3, 0.4) is 0 Å². The van der Waals surface area contributed by atoms with E-state index in [4.69, 9.17) is 10.2 Å². The molecule has 0 spiro atoms. The number of fused-ring (bicyclic) bond motifs is 1. The zero-order valence-electron chi connectivity index (χ0n) is 13.4.